The van der Waals surface area contributed by atoms with E-state index in [1.807, 2.05) is 6.92 Å². The fourth-order valence-corrected chi connectivity index (χ4v) is 2.78. The number of aromatic nitrogens is 2. The molecule has 0 saturated carbocycles. The van der Waals surface area contributed by atoms with Crippen molar-refractivity contribution in [1.29, 1.82) is 0 Å². The maximum absolute atomic E-state index is 11.1. The fraction of sp³-hybridized carbons (Fsp3) is 0.417. The topological polar surface area (TPSA) is 84.3 Å². The van der Waals surface area contributed by atoms with Gasteiger partial charge in [-0.1, -0.05) is 0 Å². The summed E-state index contributed by atoms with van der Waals surface area (Å²) in [6, 6.07) is 0. The van der Waals surface area contributed by atoms with Crippen molar-refractivity contribution >= 4 is 33.3 Å². The summed E-state index contributed by atoms with van der Waals surface area (Å²) in [5, 5.41) is 13.1. The van der Waals surface area contributed by atoms with Gasteiger partial charge in [0.15, 0.2) is 0 Å². The summed E-state index contributed by atoms with van der Waals surface area (Å²) in [5.41, 5.74) is 0.701. The van der Waals surface area contributed by atoms with Crippen LogP contribution in [-0.4, -0.2) is 40.8 Å². The van der Waals surface area contributed by atoms with Gasteiger partial charge in [-0.2, -0.15) is 0 Å². The second-order valence-corrected chi connectivity index (χ2v) is 4.89. The lowest BCUT2D eigenvalue weighted by Gasteiger charge is -2.06. The predicted molar refractivity (Wildman–Crippen MR) is 74.1 cm³/mol. The summed E-state index contributed by atoms with van der Waals surface area (Å²) in [6.45, 7) is 5.58. The van der Waals surface area contributed by atoms with E-state index in [0.717, 1.165) is 5.39 Å². The minimum absolute atomic E-state index is 0.309. The minimum atomic E-state index is -0.930. The SMILES string of the molecule is CCOCCNc1ncnc2sc(C(=O)O)c(C)c12. The van der Waals surface area contributed by atoms with Crippen molar-refractivity contribution in [2.24, 2.45) is 0 Å². The molecule has 0 fully saturated rings. The minimum Gasteiger partial charge on any atom is -0.477 e. The van der Waals surface area contributed by atoms with Gasteiger partial charge in [-0.15, -0.1) is 11.3 Å². The first-order valence-corrected chi connectivity index (χ1v) is 6.75. The molecule has 19 heavy (non-hydrogen) atoms. The standard InChI is InChI=1S/C12H15N3O3S/c1-3-18-5-4-13-10-8-7(2)9(12(16)17)19-11(8)15-6-14-10/h6H,3-5H2,1-2H3,(H,16,17)(H,13,14,15). The lowest BCUT2D eigenvalue weighted by molar-refractivity contribution is 0.0701. The van der Waals surface area contributed by atoms with E-state index in [1.165, 1.54) is 17.7 Å². The quantitative estimate of drug-likeness (QED) is 0.789. The van der Waals surface area contributed by atoms with Crippen molar-refractivity contribution in [3.63, 3.8) is 0 Å². The molecule has 102 valence electrons. The van der Waals surface area contributed by atoms with E-state index in [1.54, 1.807) is 6.92 Å². The van der Waals surface area contributed by atoms with E-state index < -0.39 is 5.97 Å². The van der Waals surface area contributed by atoms with Gasteiger partial charge in [-0.25, -0.2) is 14.8 Å². The number of hydrogen-bond donors (Lipinski definition) is 2. The van der Waals surface area contributed by atoms with Gasteiger partial charge in [0.1, 0.15) is 21.9 Å². The highest BCUT2D eigenvalue weighted by atomic mass is 32.1. The lowest BCUT2D eigenvalue weighted by Crippen LogP contribution is -2.10. The number of carbonyl (C=O) groups is 1. The first kappa shape index (κ1) is 13.7. The van der Waals surface area contributed by atoms with Crippen molar-refractivity contribution in [1.82, 2.24) is 9.97 Å². The normalized spacial score (nSPS) is 10.8. The molecule has 2 rings (SSSR count). The van der Waals surface area contributed by atoms with E-state index >= 15 is 0 Å². The van der Waals surface area contributed by atoms with Crippen LogP contribution >= 0.6 is 11.3 Å². The molecule has 0 bridgehead atoms. The Hall–Kier alpha value is -1.73. The summed E-state index contributed by atoms with van der Waals surface area (Å²) in [7, 11) is 0. The van der Waals surface area contributed by atoms with Gasteiger partial charge < -0.3 is 15.2 Å². The number of carboxylic acids is 1. The molecule has 6 nitrogen and oxygen atoms in total. The lowest BCUT2D eigenvalue weighted by atomic mass is 10.2. The highest BCUT2D eigenvalue weighted by molar-refractivity contribution is 7.20. The second kappa shape index (κ2) is 5.94. The van der Waals surface area contributed by atoms with Crippen LogP contribution < -0.4 is 5.32 Å². The molecule has 2 aromatic rings. The highest BCUT2D eigenvalue weighted by Gasteiger charge is 2.18. The maximum Gasteiger partial charge on any atom is 0.346 e. The Morgan fingerprint density at radius 1 is 1.53 bits per heavy atom. The predicted octanol–water partition coefficient (Wildman–Crippen LogP) is 2.15. The summed E-state index contributed by atoms with van der Waals surface area (Å²) in [5.74, 6) is -0.272. The largest absolute Gasteiger partial charge is 0.477 e. The molecule has 0 saturated heterocycles. The first-order valence-electron chi connectivity index (χ1n) is 5.94. The van der Waals surface area contributed by atoms with Crippen LogP contribution in [0.1, 0.15) is 22.2 Å². The molecule has 2 aromatic heterocycles. The van der Waals surface area contributed by atoms with Crippen molar-refractivity contribution in [3.05, 3.63) is 16.8 Å². The van der Waals surface area contributed by atoms with Crippen LogP contribution in [0.4, 0.5) is 5.82 Å². The van der Waals surface area contributed by atoms with E-state index in [0.29, 0.717) is 40.8 Å². The molecule has 0 radical (unpaired) electrons. The Bertz CT molecular complexity index is 597. The Morgan fingerprint density at radius 2 is 2.32 bits per heavy atom. The number of anilines is 1. The third-order valence-corrected chi connectivity index (χ3v) is 3.85. The van der Waals surface area contributed by atoms with Crippen LogP contribution in [0.15, 0.2) is 6.33 Å². The zero-order valence-electron chi connectivity index (χ0n) is 10.8. The molecule has 0 aliphatic carbocycles. The van der Waals surface area contributed by atoms with Crippen LogP contribution in [0.3, 0.4) is 0 Å². The molecule has 2 heterocycles. The number of aryl methyl sites for hydroxylation is 1. The zero-order chi connectivity index (χ0) is 13.8. The van der Waals surface area contributed by atoms with Crippen LogP contribution in [0.2, 0.25) is 0 Å². The third kappa shape index (κ3) is 2.82. The molecule has 0 amide bonds. The van der Waals surface area contributed by atoms with Crippen LogP contribution in [0, 0.1) is 6.92 Å². The number of carboxylic acid groups (broad SMARTS) is 1. The number of fused-ring (bicyclic) bond motifs is 1. The van der Waals surface area contributed by atoms with E-state index in [9.17, 15) is 4.79 Å². The molecule has 2 N–H and O–H groups in total. The molecule has 7 heteroatoms. The third-order valence-electron chi connectivity index (χ3n) is 2.66. The molecule has 0 atom stereocenters. The van der Waals surface area contributed by atoms with Gasteiger partial charge in [0.05, 0.1) is 12.0 Å². The molecular weight excluding hydrogens is 266 g/mol. The summed E-state index contributed by atoms with van der Waals surface area (Å²) in [6.07, 6.45) is 1.44. The number of nitrogens with one attached hydrogen (secondary N) is 1. The Morgan fingerprint density at radius 3 is 3.00 bits per heavy atom. The average Bonchev–Trinajstić information content (AvgIpc) is 2.73. The molecule has 0 aromatic carbocycles. The fourth-order valence-electron chi connectivity index (χ4n) is 1.80. The van der Waals surface area contributed by atoms with Crippen LogP contribution in [0.25, 0.3) is 10.2 Å². The smallest absolute Gasteiger partial charge is 0.346 e. The number of thiophene rings is 1. The monoisotopic (exact) mass is 281 g/mol. The Balaban J connectivity index is 2.31. The van der Waals surface area contributed by atoms with Gasteiger partial charge >= 0.3 is 5.97 Å². The van der Waals surface area contributed by atoms with Gasteiger partial charge in [0, 0.05) is 13.2 Å². The number of hydrogen-bond acceptors (Lipinski definition) is 6. The Labute approximate surface area is 114 Å². The molecule has 0 unspecified atom stereocenters. The number of nitrogens with zero attached hydrogens (tertiary/aromatic N) is 2. The van der Waals surface area contributed by atoms with Crippen molar-refractivity contribution in [2.75, 3.05) is 25.1 Å². The van der Waals surface area contributed by atoms with E-state index in [4.69, 9.17) is 9.84 Å². The second-order valence-electron chi connectivity index (χ2n) is 3.89. The Kier molecular flexibility index (Phi) is 4.28. The summed E-state index contributed by atoms with van der Waals surface area (Å²) < 4.78 is 5.24. The first-order chi connectivity index (χ1) is 9.15. The van der Waals surface area contributed by atoms with Gasteiger partial charge in [0.25, 0.3) is 0 Å². The molecular formula is C12H15N3O3S. The number of ether oxygens (including phenoxy) is 1. The van der Waals surface area contributed by atoms with Crippen molar-refractivity contribution < 1.29 is 14.6 Å². The summed E-state index contributed by atoms with van der Waals surface area (Å²) >= 11 is 1.17. The van der Waals surface area contributed by atoms with Gasteiger partial charge in [-0.05, 0) is 19.4 Å². The van der Waals surface area contributed by atoms with Crippen LogP contribution in [0.5, 0.6) is 0 Å². The van der Waals surface area contributed by atoms with Gasteiger partial charge in [-0.3, -0.25) is 0 Å². The van der Waals surface area contributed by atoms with Crippen LogP contribution in [-0.2, 0) is 4.74 Å². The molecule has 0 aliphatic heterocycles. The van der Waals surface area contributed by atoms with E-state index in [-0.39, 0.29) is 0 Å². The summed E-state index contributed by atoms with van der Waals surface area (Å²) in [4.78, 5) is 20.4. The number of aromatic carboxylic acids is 1. The average molecular weight is 281 g/mol. The highest BCUT2D eigenvalue weighted by Crippen LogP contribution is 2.32. The number of rotatable bonds is 6. The molecule has 0 spiro atoms. The zero-order valence-corrected chi connectivity index (χ0v) is 11.6. The van der Waals surface area contributed by atoms with Crippen molar-refractivity contribution in [3.8, 4) is 0 Å². The van der Waals surface area contributed by atoms with Crippen molar-refractivity contribution in [2.45, 2.75) is 13.8 Å². The maximum atomic E-state index is 11.1. The van der Waals surface area contributed by atoms with Gasteiger partial charge in [0.2, 0.25) is 0 Å². The molecule has 0 aliphatic rings. The van der Waals surface area contributed by atoms with E-state index in [2.05, 4.69) is 15.3 Å².